The Morgan fingerprint density at radius 1 is 1.75 bits per heavy atom. The monoisotopic (exact) mass is 169 g/mol. The second-order valence-electron chi connectivity index (χ2n) is 2.89. The molecule has 0 aromatic carbocycles. The molecule has 0 bridgehead atoms. The number of hydrogen-bond acceptors (Lipinski definition) is 3. The van der Waals surface area contributed by atoms with Gasteiger partial charge in [0.2, 0.25) is 0 Å². The normalized spacial score (nSPS) is 21.7. The minimum absolute atomic E-state index is 0.0728. The molecule has 3 heteroatoms. The van der Waals surface area contributed by atoms with E-state index in [1.807, 2.05) is 0 Å². The van der Waals surface area contributed by atoms with E-state index in [4.69, 9.17) is 9.84 Å². The second kappa shape index (κ2) is 4.95. The standard InChI is InChI=1S/C9H15NO2/c1-10-4-2-3-9(7-10)8-12-6-5-11/h2-3,8,11H,4-7H2,1H3/b9-8+. The molecule has 68 valence electrons. The summed E-state index contributed by atoms with van der Waals surface area (Å²) in [5, 5.41) is 8.47. The predicted octanol–water partition coefficient (Wildman–Crippen LogP) is 0.381. The summed E-state index contributed by atoms with van der Waals surface area (Å²) < 4.78 is 5.08. The van der Waals surface area contributed by atoms with Crippen molar-refractivity contribution in [3.05, 3.63) is 24.0 Å². The quantitative estimate of drug-likeness (QED) is 0.490. The van der Waals surface area contributed by atoms with Crippen molar-refractivity contribution in [1.29, 1.82) is 0 Å². The highest BCUT2D eigenvalue weighted by Gasteiger charge is 2.03. The van der Waals surface area contributed by atoms with Gasteiger partial charge >= 0.3 is 0 Å². The van der Waals surface area contributed by atoms with Crippen molar-refractivity contribution in [1.82, 2.24) is 4.90 Å². The van der Waals surface area contributed by atoms with Crippen molar-refractivity contribution < 1.29 is 9.84 Å². The highest BCUT2D eigenvalue weighted by atomic mass is 16.5. The van der Waals surface area contributed by atoms with Crippen LogP contribution in [0, 0.1) is 0 Å². The van der Waals surface area contributed by atoms with Crippen LogP contribution in [0.4, 0.5) is 0 Å². The number of aliphatic hydroxyl groups excluding tert-OH is 1. The first-order valence-electron chi connectivity index (χ1n) is 4.09. The van der Waals surface area contributed by atoms with Gasteiger partial charge in [0.25, 0.3) is 0 Å². The molecule has 0 amide bonds. The molecule has 3 nitrogen and oxygen atoms in total. The number of likely N-dealkylation sites (N-methyl/N-ethyl adjacent to an activating group) is 1. The molecule has 0 saturated carbocycles. The summed E-state index contributed by atoms with van der Waals surface area (Å²) in [6.07, 6.45) is 5.86. The Bertz CT molecular complexity index is 187. The van der Waals surface area contributed by atoms with Crippen LogP contribution in [0.25, 0.3) is 0 Å². The Morgan fingerprint density at radius 3 is 3.25 bits per heavy atom. The average Bonchev–Trinajstić information content (AvgIpc) is 2.05. The van der Waals surface area contributed by atoms with Crippen molar-refractivity contribution in [3.63, 3.8) is 0 Å². The molecule has 0 radical (unpaired) electrons. The zero-order valence-electron chi connectivity index (χ0n) is 7.36. The maximum Gasteiger partial charge on any atom is 0.110 e. The van der Waals surface area contributed by atoms with Gasteiger partial charge in [0.05, 0.1) is 12.9 Å². The minimum atomic E-state index is 0.0728. The summed E-state index contributed by atoms with van der Waals surface area (Å²) in [7, 11) is 2.06. The van der Waals surface area contributed by atoms with Crippen LogP contribution in [-0.4, -0.2) is 43.4 Å². The topological polar surface area (TPSA) is 32.7 Å². The Hall–Kier alpha value is -0.800. The lowest BCUT2D eigenvalue weighted by Gasteiger charge is -2.19. The van der Waals surface area contributed by atoms with Gasteiger partial charge in [-0.15, -0.1) is 0 Å². The molecule has 1 N–H and O–H groups in total. The van der Waals surface area contributed by atoms with Crippen molar-refractivity contribution in [2.75, 3.05) is 33.4 Å². The van der Waals surface area contributed by atoms with E-state index in [1.54, 1.807) is 6.26 Å². The Balaban J connectivity index is 2.35. The van der Waals surface area contributed by atoms with Crippen LogP contribution >= 0.6 is 0 Å². The van der Waals surface area contributed by atoms with Crippen LogP contribution in [0.3, 0.4) is 0 Å². The molecule has 0 atom stereocenters. The van der Waals surface area contributed by atoms with Gasteiger partial charge in [-0.3, -0.25) is 4.90 Å². The molecule has 0 fully saturated rings. The molecular formula is C9H15NO2. The van der Waals surface area contributed by atoms with Gasteiger partial charge in [-0.1, -0.05) is 12.2 Å². The lowest BCUT2D eigenvalue weighted by molar-refractivity contribution is 0.164. The fourth-order valence-electron chi connectivity index (χ4n) is 1.11. The molecule has 0 spiro atoms. The van der Waals surface area contributed by atoms with Crippen molar-refractivity contribution in [3.8, 4) is 0 Å². The fourth-order valence-corrected chi connectivity index (χ4v) is 1.11. The lowest BCUT2D eigenvalue weighted by atomic mass is 10.2. The van der Waals surface area contributed by atoms with Crippen LogP contribution < -0.4 is 0 Å². The van der Waals surface area contributed by atoms with Gasteiger partial charge in [0.15, 0.2) is 0 Å². The first-order chi connectivity index (χ1) is 5.83. The van der Waals surface area contributed by atoms with E-state index in [0.29, 0.717) is 6.61 Å². The summed E-state index contributed by atoms with van der Waals surface area (Å²) in [6, 6.07) is 0. The van der Waals surface area contributed by atoms with Gasteiger partial charge in [0.1, 0.15) is 6.61 Å². The summed E-state index contributed by atoms with van der Waals surface area (Å²) in [5.74, 6) is 0. The third-order valence-electron chi connectivity index (χ3n) is 1.65. The van der Waals surface area contributed by atoms with Gasteiger partial charge in [-0.05, 0) is 7.05 Å². The average molecular weight is 169 g/mol. The molecule has 0 aliphatic carbocycles. The van der Waals surface area contributed by atoms with E-state index in [1.165, 1.54) is 0 Å². The van der Waals surface area contributed by atoms with Crippen LogP contribution in [0.2, 0.25) is 0 Å². The van der Waals surface area contributed by atoms with E-state index in [9.17, 15) is 0 Å². The molecular weight excluding hydrogens is 154 g/mol. The molecule has 12 heavy (non-hydrogen) atoms. The molecule has 0 aromatic rings. The predicted molar refractivity (Wildman–Crippen MR) is 47.8 cm³/mol. The van der Waals surface area contributed by atoms with Crippen LogP contribution in [0.15, 0.2) is 24.0 Å². The number of rotatable bonds is 3. The summed E-state index contributed by atoms with van der Waals surface area (Å²) in [4.78, 5) is 2.19. The third kappa shape index (κ3) is 3.07. The van der Waals surface area contributed by atoms with Gasteiger partial charge in [-0.25, -0.2) is 0 Å². The minimum Gasteiger partial charge on any atom is -0.498 e. The van der Waals surface area contributed by atoms with E-state index in [0.717, 1.165) is 18.7 Å². The van der Waals surface area contributed by atoms with Crippen LogP contribution in [-0.2, 0) is 4.74 Å². The smallest absolute Gasteiger partial charge is 0.110 e. The maximum atomic E-state index is 8.47. The first kappa shape index (κ1) is 9.29. The van der Waals surface area contributed by atoms with E-state index >= 15 is 0 Å². The number of aliphatic hydroxyl groups is 1. The second-order valence-corrected chi connectivity index (χ2v) is 2.89. The Kier molecular flexibility index (Phi) is 3.84. The number of hydrogen-bond donors (Lipinski definition) is 1. The Morgan fingerprint density at radius 2 is 2.58 bits per heavy atom. The van der Waals surface area contributed by atoms with Gasteiger partial charge in [0, 0.05) is 18.7 Å². The lowest BCUT2D eigenvalue weighted by Crippen LogP contribution is -2.23. The summed E-state index contributed by atoms with van der Waals surface area (Å²) in [5.41, 5.74) is 1.15. The van der Waals surface area contributed by atoms with E-state index in [2.05, 4.69) is 24.1 Å². The SMILES string of the molecule is CN1CC=C/C(=C\OCCO)C1. The first-order valence-corrected chi connectivity index (χ1v) is 4.09. The zero-order valence-corrected chi connectivity index (χ0v) is 7.36. The highest BCUT2D eigenvalue weighted by molar-refractivity contribution is 5.21. The largest absolute Gasteiger partial charge is 0.498 e. The van der Waals surface area contributed by atoms with Crippen LogP contribution in [0.5, 0.6) is 0 Å². The third-order valence-corrected chi connectivity index (χ3v) is 1.65. The van der Waals surface area contributed by atoms with Crippen molar-refractivity contribution >= 4 is 0 Å². The number of nitrogens with zero attached hydrogens (tertiary/aromatic N) is 1. The maximum absolute atomic E-state index is 8.47. The molecule has 1 aliphatic heterocycles. The van der Waals surface area contributed by atoms with E-state index in [-0.39, 0.29) is 6.61 Å². The van der Waals surface area contributed by atoms with Gasteiger partial charge < -0.3 is 9.84 Å². The molecule has 1 aliphatic rings. The molecule has 1 rings (SSSR count). The fraction of sp³-hybridized carbons (Fsp3) is 0.556. The number of ether oxygens (including phenoxy) is 1. The van der Waals surface area contributed by atoms with Crippen LogP contribution in [0.1, 0.15) is 0 Å². The molecule has 0 unspecified atom stereocenters. The highest BCUT2D eigenvalue weighted by Crippen LogP contribution is 2.05. The summed E-state index contributed by atoms with van der Waals surface area (Å²) >= 11 is 0. The molecule has 1 heterocycles. The zero-order chi connectivity index (χ0) is 8.81. The van der Waals surface area contributed by atoms with Gasteiger partial charge in [-0.2, -0.15) is 0 Å². The summed E-state index contributed by atoms with van der Waals surface area (Å²) in [6.45, 7) is 2.36. The molecule has 0 saturated heterocycles. The van der Waals surface area contributed by atoms with Crippen molar-refractivity contribution in [2.24, 2.45) is 0 Å². The van der Waals surface area contributed by atoms with Crippen molar-refractivity contribution in [2.45, 2.75) is 0 Å². The Labute approximate surface area is 72.9 Å². The van der Waals surface area contributed by atoms with E-state index < -0.39 is 0 Å². The molecule has 0 aromatic heterocycles.